The van der Waals surface area contributed by atoms with Crippen LogP contribution in [0.4, 0.5) is 8.78 Å². The molecule has 21 heavy (non-hydrogen) atoms. The Bertz CT molecular complexity index is 539. The van der Waals surface area contributed by atoms with Crippen molar-refractivity contribution in [2.24, 2.45) is 0 Å². The first-order valence-electron chi connectivity index (χ1n) is 6.91. The van der Waals surface area contributed by atoms with Crippen molar-refractivity contribution in [3.8, 4) is 0 Å². The summed E-state index contributed by atoms with van der Waals surface area (Å²) in [6.07, 6.45) is -0.470. The summed E-state index contributed by atoms with van der Waals surface area (Å²) in [4.78, 5) is 0. The zero-order valence-corrected chi connectivity index (χ0v) is 13.1. The lowest BCUT2D eigenvalue weighted by Gasteiger charge is -1.97. The zero-order chi connectivity index (χ0) is 16.3. The lowest BCUT2D eigenvalue weighted by molar-refractivity contribution is 0.408. The van der Waals surface area contributed by atoms with E-state index in [1.54, 1.807) is 0 Å². The van der Waals surface area contributed by atoms with Gasteiger partial charge in [0.2, 0.25) is 0 Å². The van der Waals surface area contributed by atoms with Gasteiger partial charge in [0, 0.05) is 0 Å². The zero-order valence-electron chi connectivity index (χ0n) is 13.1. The number of halogens is 2. The van der Waals surface area contributed by atoms with E-state index in [2.05, 4.69) is 22.0 Å². The van der Waals surface area contributed by atoms with Crippen LogP contribution in [0.15, 0.2) is 48.1 Å². The van der Waals surface area contributed by atoms with Gasteiger partial charge in [-0.3, -0.25) is 0 Å². The number of hydrogen-bond donors (Lipinski definition) is 1. The minimum atomic E-state index is -1.55. The van der Waals surface area contributed by atoms with E-state index in [1.165, 1.54) is 6.92 Å². The standard InChI is InChI=1S/C8H12F2.C6H5N3.C2H6/c1-6(2)4-5-7(3)8(9)10;1-2-4-6-5(3-1)7-9-8-6;1-2/h1,4-5H2,2-3H3;1-4H,(H,7,8,9);1-2H3. The minimum absolute atomic E-state index is 0.169. The first-order chi connectivity index (χ1) is 10.0. The third-order valence-electron chi connectivity index (χ3n) is 2.47. The fourth-order valence-electron chi connectivity index (χ4n) is 1.28. The lowest BCUT2D eigenvalue weighted by Crippen LogP contribution is -1.80. The molecule has 5 heteroatoms. The third kappa shape index (κ3) is 7.97. The van der Waals surface area contributed by atoms with Crippen LogP contribution in [-0.4, -0.2) is 15.4 Å². The lowest BCUT2D eigenvalue weighted by atomic mass is 10.1. The highest BCUT2D eigenvalue weighted by Crippen LogP contribution is 2.14. The van der Waals surface area contributed by atoms with Crippen LogP contribution in [0.25, 0.3) is 11.0 Å². The van der Waals surface area contributed by atoms with Gasteiger partial charge in [0.25, 0.3) is 6.08 Å². The molecule has 3 nitrogen and oxygen atoms in total. The van der Waals surface area contributed by atoms with E-state index in [0.29, 0.717) is 12.8 Å². The Morgan fingerprint density at radius 2 is 1.52 bits per heavy atom. The van der Waals surface area contributed by atoms with Crippen molar-refractivity contribution < 1.29 is 8.78 Å². The van der Waals surface area contributed by atoms with Crippen LogP contribution in [0, 0.1) is 0 Å². The Morgan fingerprint density at radius 1 is 1.05 bits per heavy atom. The van der Waals surface area contributed by atoms with Gasteiger partial charge in [-0.25, -0.2) is 0 Å². The molecule has 0 unspecified atom stereocenters. The molecule has 0 fully saturated rings. The maximum absolute atomic E-state index is 11.7. The fraction of sp³-hybridized carbons (Fsp3) is 0.375. The van der Waals surface area contributed by atoms with Crippen LogP contribution in [-0.2, 0) is 0 Å². The van der Waals surface area contributed by atoms with Crippen molar-refractivity contribution >= 4 is 11.0 Å². The number of hydrogen-bond acceptors (Lipinski definition) is 2. The summed E-state index contributed by atoms with van der Waals surface area (Å²) in [5, 5.41) is 10.3. The minimum Gasteiger partial charge on any atom is -0.197 e. The molecule has 1 aromatic heterocycles. The second kappa shape index (κ2) is 10.7. The van der Waals surface area contributed by atoms with Crippen LogP contribution in [0.1, 0.15) is 40.5 Å². The summed E-state index contributed by atoms with van der Waals surface area (Å²) in [6.45, 7) is 10.9. The second-order valence-electron chi connectivity index (χ2n) is 4.31. The summed E-state index contributed by atoms with van der Waals surface area (Å²) in [5.41, 5.74) is 2.94. The molecule has 2 rings (SSSR count). The highest BCUT2D eigenvalue weighted by atomic mass is 19.3. The molecule has 0 saturated heterocycles. The van der Waals surface area contributed by atoms with Gasteiger partial charge in [-0.15, -0.1) is 6.58 Å². The van der Waals surface area contributed by atoms with Gasteiger partial charge in [-0.1, -0.05) is 31.6 Å². The third-order valence-corrected chi connectivity index (χ3v) is 2.47. The Morgan fingerprint density at radius 3 is 1.90 bits per heavy atom. The number of aromatic amines is 1. The molecule has 0 saturated carbocycles. The molecule has 0 aliphatic heterocycles. The summed E-state index contributed by atoms with van der Waals surface area (Å²) in [6, 6.07) is 7.70. The monoisotopic (exact) mass is 295 g/mol. The molecule has 116 valence electrons. The quantitative estimate of drug-likeness (QED) is 0.760. The van der Waals surface area contributed by atoms with E-state index >= 15 is 0 Å². The van der Waals surface area contributed by atoms with Gasteiger partial charge in [-0.05, 0) is 44.4 Å². The van der Waals surface area contributed by atoms with E-state index in [1.807, 2.05) is 45.0 Å². The van der Waals surface area contributed by atoms with Crippen molar-refractivity contribution in [3.63, 3.8) is 0 Å². The number of benzene rings is 1. The van der Waals surface area contributed by atoms with Gasteiger partial charge >= 0.3 is 0 Å². The van der Waals surface area contributed by atoms with E-state index in [9.17, 15) is 8.78 Å². The molecule has 0 aliphatic carbocycles. The average molecular weight is 295 g/mol. The average Bonchev–Trinajstić information content (AvgIpc) is 2.95. The molecule has 0 aliphatic rings. The number of nitrogens with zero attached hydrogens (tertiary/aromatic N) is 2. The maximum atomic E-state index is 11.7. The normalized spacial score (nSPS) is 9.05. The van der Waals surface area contributed by atoms with E-state index < -0.39 is 6.08 Å². The number of nitrogens with one attached hydrogen (secondary N) is 1. The summed E-state index contributed by atoms with van der Waals surface area (Å²) in [7, 11) is 0. The van der Waals surface area contributed by atoms with Crippen molar-refractivity contribution in [1.82, 2.24) is 15.4 Å². The van der Waals surface area contributed by atoms with Crippen LogP contribution in [0.3, 0.4) is 0 Å². The van der Waals surface area contributed by atoms with Crippen LogP contribution >= 0.6 is 0 Å². The molecule has 1 heterocycles. The number of fused-ring (bicyclic) bond motifs is 1. The molecule has 0 amide bonds. The van der Waals surface area contributed by atoms with Crippen LogP contribution in [0.2, 0.25) is 0 Å². The topological polar surface area (TPSA) is 41.6 Å². The number of H-pyrrole nitrogens is 1. The summed E-state index contributed by atoms with van der Waals surface area (Å²) >= 11 is 0. The highest BCUT2D eigenvalue weighted by Gasteiger charge is 1.98. The van der Waals surface area contributed by atoms with Gasteiger partial charge in [0.15, 0.2) is 0 Å². The van der Waals surface area contributed by atoms with Gasteiger partial charge in [-0.2, -0.15) is 24.2 Å². The molecule has 1 aromatic carbocycles. The number of rotatable bonds is 3. The van der Waals surface area contributed by atoms with E-state index in [4.69, 9.17) is 0 Å². The van der Waals surface area contributed by atoms with Gasteiger partial charge in [0.05, 0.1) is 0 Å². The second-order valence-corrected chi connectivity index (χ2v) is 4.31. The molecule has 2 aromatic rings. The molecule has 0 spiro atoms. The van der Waals surface area contributed by atoms with Gasteiger partial charge < -0.3 is 0 Å². The number of aromatic nitrogens is 3. The number of para-hydroxylation sites is 2. The van der Waals surface area contributed by atoms with Crippen molar-refractivity contribution in [3.05, 3.63) is 48.1 Å². The van der Waals surface area contributed by atoms with Crippen LogP contribution < -0.4 is 0 Å². The molecule has 1 N–H and O–H groups in total. The molecular formula is C16H23F2N3. The Kier molecular flexibility index (Phi) is 9.67. The number of allylic oxidation sites excluding steroid dienone is 2. The predicted octanol–water partition coefficient (Wildman–Crippen LogP) is 5.50. The maximum Gasteiger partial charge on any atom is 0.269 e. The first-order valence-corrected chi connectivity index (χ1v) is 6.91. The van der Waals surface area contributed by atoms with Crippen LogP contribution in [0.5, 0.6) is 0 Å². The molecule has 0 radical (unpaired) electrons. The Labute approximate surface area is 124 Å². The first kappa shape index (κ1) is 19.0. The van der Waals surface area contributed by atoms with Gasteiger partial charge in [0.1, 0.15) is 11.0 Å². The smallest absolute Gasteiger partial charge is 0.197 e. The van der Waals surface area contributed by atoms with E-state index in [-0.39, 0.29) is 5.57 Å². The van der Waals surface area contributed by atoms with Crippen molar-refractivity contribution in [1.29, 1.82) is 0 Å². The molecule has 0 bridgehead atoms. The van der Waals surface area contributed by atoms with E-state index in [0.717, 1.165) is 16.6 Å². The predicted molar refractivity (Wildman–Crippen MR) is 84.2 cm³/mol. The Balaban J connectivity index is 0.000000341. The Hall–Kier alpha value is -2.04. The molecular weight excluding hydrogens is 272 g/mol. The van der Waals surface area contributed by atoms with Crippen molar-refractivity contribution in [2.45, 2.75) is 40.5 Å². The fourth-order valence-corrected chi connectivity index (χ4v) is 1.28. The summed E-state index contributed by atoms with van der Waals surface area (Å²) < 4.78 is 23.5. The SMILES string of the molecule is C=C(C)CCC(C)=C(F)F.CC.c1ccc2n[nH]nc2c1. The largest absolute Gasteiger partial charge is 0.269 e. The summed E-state index contributed by atoms with van der Waals surface area (Å²) in [5.74, 6) is 0. The van der Waals surface area contributed by atoms with Crippen molar-refractivity contribution in [2.75, 3.05) is 0 Å². The molecule has 0 atom stereocenters. The highest BCUT2D eigenvalue weighted by molar-refractivity contribution is 5.72.